The van der Waals surface area contributed by atoms with Gasteiger partial charge in [0.25, 0.3) is 0 Å². The molecule has 3 nitrogen and oxygen atoms in total. The summed E-state index contributed by atoms with van der Waals surface area (Å²) in [7, 11) is 0. The number of pyridine rings is 1. The minimum absolute atomic E-state index is 0.484. The van der Waals surface area contributed by atoms with Gasteiger partial charge in [0.2, 0.25) is 0 Å². The van der Waals surface area contributed by atoms with E-state index in [1.807, 2.05) is 18.2 Å². The summed E-state index contributed by atoms with van der Waals surface area (Å²) in [6.07, 6.45) is 1.70. The predicted molar refractivity (Wildman–Crippen MR) is 72.5 cm³/mol. The van der Waals surface area contributed by atoms with E-state index in [1.165, 1.54) is 5.56 Å². The second-order valence-electron chi connectivity index (χ2n) is 4.34. The average molecular weight is 227 g/mol. The van der Waals surface area contributed by atoms with Crippen LogP contribution in [0.3, 0.4) is 0 Å². The molecule has 3 heteroatoms. The lowest BCUT2D eigenvalue weighted by Crippen LogP contribution is -1.98. The number of benzene rings is 1. The summed E-state index contributed by atoms with van der Waals surface area (Å²) in [5.74, 6) is 1.01. The van der Waals surface area contributed by atoms with Gasteiger partial charge in [-0.05, 0) is 23.6 Å². The molecule has 1 aromatic carbocycles. The Balaban J connectivity index is 2.30. The SMILES string of the molecule is CC(C)c1ccccc1Nc1ccnc(N)c1. The molecule has 0 fully saturated rings. The Morgan fingerprint density at radius 1 is 1.18 bits per heavy atom. The van der Waals surface area contributed by atoms with Crippen molar-refractivity contribution >= 4 is 17.2 Å². The molecule has 0 amide bonds. The molecule has 0 unspecified atom stereocenters. The number of aromatic nitrogens is 1. The molecule has 0 aliphatic carbocycles. The highest BCUT2D eigenvalue weighted by Gasteiger charge is 2.05. The highest BCUT2D eigenvalue weighted by Crippen LogP contribution is 2.26. The van der Waals surface area contributed by atoms with E-state index < -0.39 is 0 Å². The van der Waals surface area contributed by atoms with Crippen molar-refractivity contribution in [2.45, 2.75) is 19.8 Å². The molecular weight excluding hydrogens is 210 g/mol. The Labute approximate surface area is 102 Å². The maximum absolute atomic E-state index is 5.66. The molecular formula is C14H17N3. The smallest absolute Gasteiger partial charge is 0.125 e. The monoisotopic (exact) mass is 227 g/mol. The molecule has 3 N–H and O–H groups in total. The topological polar surface area (TPSA) is 50.9 Å². The Bertz CT molecular complexity index is 506. The standard InChI is InChI=1S/C14H17N3/c1-10(2)12-5-3-4-6-13(12)17-11-7-8-16-14(15)9-11/h3-10H,1-2H3,(H3,15,16,17). The van der Waals surface area contributed by atoms with E-state index in [0.717, 1.165) is 11.4 Å². The van der Waals surface area contributed by atoms with E-state index in [1.54, 1.807) is 6.20 Å². The Morgan fingerprint density at radius 2 is 1.94 bits per heavy atom. The molecule has 0 bridgehead atoms. The highest BCUT2D eigenvalue weighted by molar-refractivity contribution is 5.65. The van der Waals surface area contributed by atoms with E-state index in [2.05, 4.69) is 42.3 Å². The average Bonchev–Trinajstić information content (AvgIpc) is 2.29. The van der Waals surface area contributed by atoms with Crippen molar-refractivity contribution in [3.8, 4) is 0 Å². The number of hydrogen-bond acceptors (Lipinski definition) is 3. The van der Waals surface area contributed by atoms with Crippen LogP contribution in [0.15, 0.2) is 42.6 Å². The van der Waals surface area contributed by atoms with E-state index in [0.29, 0.717) is 11.7 Å². The minimum atomic E-state index is 0.484. The van der Waals surface area contributed by atoms with Crippen molar-refractivity contribution in [1.82, 2.24) is 4.98 Å². The fourth-order valence-corrected chi connectivity index (χ4v) is 1.80. The molecule has 1 heterocycles. The van der Waals surface area contributed by atoms with Gasteiger partial charge in [-0.3, -0.25) is 0 Å². The third kappa shape index (κ3) is 2.75. The fraction of sp³-hybridized carbons (Fsp3) is 0.214. The molecule has 0 aliphatic heterocycles. The Hall–Kier alpha value is -2.03. The molecule has 17 heavy (non-hydrogen) atoms. The molecule has 2 aromatic rings. The zero-order valence-electron chi connectivity index (χ0n) is 10.1. The second kappa shape index (κ2) is 4.87. The van der Waals surface area contributed by atoms with Gasteiger partial charge in [-0.25, -0.2) is 4.98 Å². The fourth-order valence-electron chi connectivity index (χ4n) is 1.80. The number of nitrogens with two attached hydrogens (primary N) is 1. The van der Waals surface area contributed by atoms with Crippen LogP contribution in [0.2, 0.25) is 0 Å². The van der Waals surface area contributed by atoms with Crippen LogP contribution in [0.1, 0.15) is 25.3 Å². The van der Waals surface area contributed by atoms with Gasteiger partial charge in [0, 0.05) is 23.6 Å². The summed E-state index contributed by atoms with van der Waals surface area (Å²) in [5, 5.41) is 3.37. The minimum Gasteiger partial charge on any atom is -0.384 e. The predicted octanol–water partition coefficient (Wildman–Crippen LogP) is 3.53. The lowest BCUT2D eigenvalue weighted by Gasteiger charge is -2.14. The zero-order valence-corrected chi connectivity index (χ0v) is 10.1. The summed E-state index contributed by atoms with van der Waals surface area (Å²) in [6, 6.07) is 12.0. The van der Waals surface area contributed by atoms with Crippen LogP contribution in [-0.2, 0) is 0 Å². The number of nitrogens with one attached hydrogen (secondary N) is 1. The molecule has 0 radical (unpaired) electrons. The third-order valence-corrected chi connectivity index (χ3v) is 2.64. The second-order valence-corrected chi connectivity index (χ2v) is 4.34. The van der Waals surface area contributed by atoms with Crippen LogP contribution >= 0.6 is 0 Å². The van der Waals surface area contributed by atoms with Crippen molar-refractivity contribution in [1.29, 1.82) is 0 Å². The van der Waals surface area contributed by atoms with E-state index in [4.69, 9.17) is 5.73 Å². The van der Waals surface area contributed by atoms with Crippen LogP contribution in [0.25, 0.3) is 0 Å². The van der Waals surface area contributed by atoms with Gasteiger partial charge < -0.3 is 11.1 Å². The molecule has 0 spiro atoms. The van der Waals surface area contributed by atoms with Gasteiger partial charge in [-0.1, -0.05) is 32.0 Å². The van der Waals surface area contributed by atoms with Crippen molar-refractivity contribution in [2.24, 2.45) is 0 Å². The van der Waals surface area contributed by atoms with Gasteiger partial charge in [-0.15, -0.1) is 0 Å². The van der Waals surface area contributed by atoms with Crippen LogP contribution < -0.4 is 11.1 Å². The Morgan fingerprint density at radius 3 is 2.65 bits per heavy atom. The summed E-state index contributed by atoms with van der Waals surface area (Å²) in [6.45, 7) is 4.36. The van der Waals surface area contributed by atoms with Crippen molar-refractivity contribution in [3.63, 3.8) is 0 Å². The maximum Gasteiger partial charge on any atom is 0.125 e. The lowest BCUT2D eigenvalue weighted by molar-refractivity contribution is 0.869. The van der Waals surface area contributed by atoms with Crippen LogP contribution in [0.4, 0.5) is 17.2 Å². The number of hydrogen-bond donors (Lipinski definition) is 2. The van der Waals surface area contributed by atoms with Crippen molar-refractivity contribution < 1.29 is 0 Å². The third-order valence-electron chi connectivity index (χ3n) is 2.64. The summed E-state index contributed by atoms with van der Waals surface area (Å²) < 4.78 is 0. The van der Waals surface area contributed by atoms with Gasteiger partial charge in [-0.2, -0.15) is 0 Å². The van der Waals surface area contributed by atoms with Gasteiger partial charge in [0.15, 0.2) is 0 Å². The quantitative estimate of drug-likeness (QED) is 0.843. The van der Waals surface area contributed by atoms with Crippen LogP contribution in [0.5, 0.6) is 0 Å². The van der Waals surface area contributed by atoms with Gasteiger partial charge >= 0.3 is 0 Å². The molecule has 1 aromatic heterocycles. The van der Waals surface area contributed by atoms with Crippen molar-refractivity contribution in [3.05, 3.63) is 48.2 Å². The number of rotatable bonds is 3. The largest absolute Gasteiger partial charge is 0.384 e. The Kier molecular flexibility index (Phi) is 3.28. The number of anilines is 3. The maximum atomic E-state index is 5.66. The summed E-state index contributed by atoms with van der Waals surface area (Å²) in [4.78, 5) is 3.98. The molecule has 0 atom stereocenters. The van der Waals surface area contributed by atoms with Crippen molar-refractivity contribution in [2.75, 3.05) is 11.1 Å². The van der Waals surface area contributed by atoms with Crippen LogP contribution in [0, 0.1) is 0 Å². The van der Waals surface area contributed by atoms with E-state index in [-0.39, 0.29) is 0 Å². The number of nitrogens with zero attached hydrogens (tertiary/aromatic N) is 1. The van der Waals surface area contributed by atoms with E-state index >= 15 is 0 Å². The lowest BCUT2D eigenvalue weighted by atomic mass is 10.0. The summed E-state index contributed by atoms with van der Waals surface area (Å²) in [5.41, 5.74) is 9.04. The summed E-state index contributed by atoms with van der Waals surface area (Å²) >= 11 is 0. The first-order valence-corrected chi connectivity index (χ1v) is 5.74. The first-order valence-electron chi connectivity index (χ1n) is 5.74. The van der Waals surface area contributed by atoms with Gasteiger partial charge in [0.1, 0.15) is 5.82 Å². The first-order chi connectivity index (χ1) is 8.16. The number of para-hydroxylation sites is 1. The molecule has 2 rings (SSSR count). The molecule has 88 valence electrons. The normalized spacial score (nSPS) is 10.5. The highest BCUT2D eigenvalue weighted by atomic mass is 14.9. The first kappa shape index (κ1) is 11.5. The van der Waals surface area contributed by atoms with Crippen LogP contribution in [-0.4, -0.2) is 4.98 Å². The number of nitrogen functional groups attached to an aromatic ring is 1. The molecule has 0 saturated carbocycles. The van der Waals surface area contributed by atoms with E-state index in [9.17, 15) is 0 Å². The molecule has 0 aliphatic rings. The molecule has 0 saturated heterocycles. The zero-order chi connectivity index (χ0) is 12.3. The van der Waals surface area contributed by atoms with Gasteiger partial charge in [0.05, 0.1) is 0 Å².